The van der Waals surface area contributed by atoms with Gasteiger partial charge in [0.15, 0.2) is 5.69 Å². The summed E-state index contributed by atoms with van der Waals surface area (Å²) in [6.07, 6.45) is 1.42. The molecule has 0 saturated carbocycles. The van der Waals surface area contributed by atoms with E-state index in [2.05, 4.69) is 25.9 Å². The molecule has 2 heterocycles. The number of anilines is 3. The Kier molecular flexibility index (Phi) is 6.05. The normalized spacial score (nSPS) is 13.8. The SMILES string of the molecule is CNC(=O)Nc1ccc(NC(=O)c2nc(N3CCOCC3)ncc2Cl)cc1. The van der Waals surface area contributed by atoms with Crippen LogP contribution in [0.15, 0.2) is 30.5 Å². The summed E-state index contributed by atoms with van der Waals surface area (Å²) in [5.41, 5.74) is 1.24. The summed E-state index contributed by atoms with van der Waals surface area (Å²) in [6, 6.07) is 6.36. The number of aromatic nitrogens is 2. The van der Waals surface area contributed by atoms with Gasteiger partial charge in [-0.3, -0.25) is 4.79 Å². The van der Waals surface area contributed by atoms with Gasteiger partial charge in [0.2, 0.25) is 5.95 Å². The summed E-state index contributed by atoms with van der Waals surface area (Å²) in [5.74, 6) is 0.00176. The Labute approximate surface area is 161 Å². The summed E-state index contributed by atoms with van der Waals surface area (Å²) >= 11 is 6.11. The first kappa shape index (κ1) is 18.9. The second-order valence-corrected chi connectivity index (χ2v) is 6.11. The number of nitrogens with one attached hydrogen (secondary N) is 3. The minimum absolute atomic E-state index is 0.0979. The third-order valence-corrected chi connectivity index (χ3v) is 4.14. The summed E-state index contributed by atoms with van der Waals surface area (Å²) in [6.45, 7) is 2.49. The third-order valence-electron chi connectivity index (χ3n) is 3.87. The van der Waals surface area contributed by atoms with E-state index in [4.69, 9.17) is 16.3 Å². The number of amides is 3. The van der Waals surface area contributed by atoms with Crippen LogP contribution in [0.4, 0.5) is 22.1 Å². The predicted molar refractivity (Wildman–Crippen MR) is 103 cm³/mol. The number of rotatable bonds is 4. The fourth-order valence-corrected chi connectivity index (χ4v) is 2.63. The highest BCUT2D eigenvalue weighted by Gasteiger charge is 2.19. The summed E-state index contributed by atoms with van der Waals surface area (Å²) in [5, 5.41) is 8.00. The van der Waals surface area contributed by atoms with Crippen molar-refractivity contribution in [1.82, 2.24) is 15.3 Å². The molecule has 0 atom stereocenters. The molecule has 1 aromatic heterocycles. The lowest BCUT2D eigenvalue weighted by atomic mass is 10.2. The fourth-order valence-electron chi connectivity index (χ4n) is 2.45. The Morgan fingerprint density at radius 1 is 1.11 bits per heavy atom. The van der Waals surface area contributed by atoms with Crippen LogP contribution < -0.4 is 20.9 Å². The van der Waals surface area contributed by atoms with Crippen molar-refractivity contribution in [3.8, 4) is 0 Å². The molecule has 0 radical (unpaired) electrons. The monoisotopic (exact) mass is 390 g/mol. The highest BCUT2D eigenvalue weighted by atomic mass is 35.5. The van der Waals surface area contributed by atoms with Gasteiger partial charge in [-0.15, -0.1) is 0 Å². The third kappa shape index (κ3) is 4.83. The number of carbonyl (C=O) groups excluding carboxylic acids is 2. The number of hydrogen-bond donors (Lipinski definition) is 3. The smallest absolute Gasteiger partial charge is 0.318 e. The van der Waals surface area contributed by atoms with Gasteiger partial charge in [0, 0.05) is 31.5 Å². The number of carbonyl (C=O) groups is 2. The number of halogens is 1. The molecule has 9 nitrogen and oxygen atoms in total. The molecular weight excluding hydrogens is 372 g/mol. The van der Waals surface area contributed by atoms with Crippen LogP contribution in [-0.2, 0) is 4.74 Å². The van der Waals surface area contributed by atoms with E-state index in [1.807, 2.05) is 4.90 Å². The molecule has 1 fully saturated rings. The predicted octanol–water partition coefficient (Wildman–Crippen LogP) is 1.97. The number of urea groups is 1. The lowest BCUT2D eigenvalue weighted by molar-refractivity contribution is 0.102. The number of hydrogen-bond acceptors (Lipinski definition) is 6. The van der Waals surface area contributed by atoms with Crippen molar-refractivity contribution in [2.24, 2.45) is 0 Å². The van der Waals surface area contributed by atoms with E-state index in [1.165, 1.54) is 13.2 Å². The number of ether oxygens (including phenoxy) is 1. The molecule has 0 aliphatic carbocycles. The van der Waals surface area contributed by atoms with Gasteiger partial charge in [0.25, 0.3) is 5.91 Å². The summed E-state index contributed by atoms with van der Waals surface area (Å²) in [7, 11) is 1.53. The van der Waals surface area contributed by atoms with Crippen LogP contribution in [0.1, 0.15) is 10.5 Å². The van der Waals surface area contributed by atoms with Crippen molar-refractivity contribution < 1.29 is 14.3 Å². The Morgan fingerprint density at radius 3 is 2.37 bits per heavy atom. The first-order valence-electron chi connectivity index (χ1n) is 8.32. The maximum Gasteiger partial charge on any atom is 0.318 e. The maximum atomic E-state index is 12.6. The zero-order chi connectivity index (χ0) is 19.2. The van der Waals surface area contributed by atoms with Crippen molar-refractivity contribution in [3.05, 3.63) is 41.2 Å². The van der Waals surface area contributed by atoms with Crippen LogP contribution >= 0.6 is 11.6 Å². The molecule has 1 aromatic carbocycles. The van der Waals surface area contributed by atoms with Crippen LogP contribution in [0, 0.1) is 0 Å². The van der Waals surface area contributed by atoms with E-state index in [-0.39, 0.29) is 16.7 Å². The molecule has 3 amide bonds. The Morgan fingerprint density at radius 2 is 1.74 bits per heavy atom. The Bertz CT molecular complexity index is 824. The molecule has 27 heavy (non-hydrogen) atoms. The fraction of sp³-hybridized carbons (Fsp3) is 0.294. The summed E-state index contributed by atoms with van der Waals surface area (Å²) < 4.78 is 5.31. The molecule has 0 unspecified atom stereocenters. The molecule has 0 bridgehead atoms. The van der Waals surface area contributed by atoms with E-state index < -0.39 is 5.91 Å². The zero-order valence-electron chi connectivity index (χ0n) is 14.7. The minimum atomic E-state index is -0.441. The minimum Gasteiger partial charge on any atom is -0.378 e. The van der Waals surface area contributed by atoms with Crippen LogP contribution in [0.5, 0.6) is 0 Å². The largest absolute Gasteiger partial charge is 0.378 e. The van der Waals surface area contributed by atoms with Gasteiger partial charge >= 0.3 is 6.03 Å². The molecule has 2 aromatic rings. The average Bonchev–Trinajstić information content (AvgIpc) is 2.70. The molecule has 142 valence electrons. The lowest BCUT2D eigenvalue weighted by Gasteiger charge is -2.26. The molecule has 1 aliphatic rings. The van der Waals surface area contributed by atoms with Gasteiger partial charge in [-0.2, -0.15) is 0 Å². The van der Waals surface area contributed by atoms with Crippen molar-refractivity contribution in [2.45, 2.75) is 0 Å². The molecule has 0 spiro atoms. The van der Waals surface area contributed by atoms with Gasteiger partial charge in [0.05, 0.1) is 24.4 Å². The Hall–Kier alpha value is -2.91. The van der Waals surface area contributed by atoms with Crippen molar-refractivity contribution in [1.29, 1.82) is 0 Å². The average molecular weight is 391 g/mol. The topological polar surface area (TPSA) is 108 Å². The van der Waals surface area contributed by atoms with Gasteiger partial charge in [-0.05, 0) is 24.3 Å². The molecule has 1 saturated heterocycles. The molecule has 3 rings (SSSR count). The standard InChI is InChI=1S/C17H19ClN6O3/c1-19-17(26)22-12-4-2-11(3-5-12)21-15(25)14-13(18)10-20-16(23-14)24-6-8-27-9-7-24/h2-5,10H,6-9H2,1H3,(H,21,25)(H2,19,22,26). The number of morpholine rings is 1. The number of nitrogens with zero attached hydrogens (tertiary/aromatic N) is 3. The van der Waals surface area contributed by atoms with Crippen molar-refractivity contribution >= 4 is 40.9 Å². The van der Waals surface area contributed by atoms with Gasteiger partial charge in [-0.25, -0.2) is 14.8 Å². The first-order chi connectivity index (χ1) is 13.1. The van der Waals surface area contributed by atoms with Crippen LogP contribution in [0.25, 0.3) is 0 Å². The lowest BCUT2D eigenvalue weighted by Crippen LogP contribution is -2.37. The Balaban J connectivity index is 1.71. The molecule has 3 N–H and O–H groups in total. The molecule has 10 heteroatoms. The van der Waals surface area contributed by atoms with Crippen molar-refractivity contribution in [2.75, 3.05) is 48.9 Å². The summed E-state index contributed by atoms with van der Waals surface area (Å²) in [4.78, 5) is 34.3. The maximum absolute atomic E-state index is 12.6. The quantitative estimate of drug-likeness (QED) is 0.736. The second-order valence-electron chi connectivity index (χ2n) is 5.70. The van der Waals surface area contributed by atoms with E-state index in [0.29, 0.717) is 43.6 Å². The van der Waals surface area contributed by atoms with E-state index in [0.717, 1.165) is 0 Å². The molecule has 1 aliphatic heterocycles. The zero-order valence-corrected chi connectivity index (χ0v) is 15.4. The first-order valence-corrected chi connectivity index (χ1v) is 8.70. The van der Waals surface area contributed by atoms with Gasteiger partial charge in [-0.1, -0.05) is 11.6 Å². The van der Waals surface area contributed by atoms with Crippen LogP contribution in [-0.4, -0.2) is 55.3 Å². The van der Waals surface area contributed by atoms with Crippen LogP contribution in [0.3, 0.4) is 0 Å². The van der Waals surface area contributed by atoms with E-state index in [9.17, 15) is 9.59 Å². The van der Waals surface area contributed by atoms with E-state index in [1.54, 1.807) is 24.3 Å². The highest BCUT2D eigenvalue weighted by Crippen LogP contribution is 2.20. The van der Waals surface area contributed by atoms with Gasteiger partial charge < -0.3 is 25.6 Å². The van der Waals surface area contributed by atoms with E-state index >= 15 is 0 Å². The highest BCUT2D eigenvalue weighted by molar-refractivity contribution is 6.34. The van der Waals surface area contributed by atoms with Crippen molar-refractivity contribution in [3.63, 3.8) is 0 Å². The van der Waals surface area contributed by atoms with Gasteiger partial charge in [0.1, 0.15) is 0 Å². The number of benzene rings is 1. The second kappa shape index (κ2) is 8.65. The molecular formula is C17H19ClN6O3. The van der Waals surface area contributed by atoms with Crippen LogP contribution in [0.2, 0.25) is 5.02 Å².